The van der Waals surface area contributed by atoms with Crippen LogP contribution in [0.15, 0.2) is 60.7 Å². The lowest BCUT2D eigenvalue weighted by Gasteiger charge is -2.40. The first-order valence-corrected chi connectivity index (χ1v) is 11.2. The Morgan fingerprint density at radius 1 is 0.968 bits per heavy atom. The van der Waals surface area contributed by atoms with Gasteiger partial charge in [-0.3, -0.25) is 4.84 Å². The SMILES string of the molecule is COC(=O)[C@@H]1C[C@H]2CC[C@H](O[C@H]3CCCC3(c3ccccc3)c3ccccc3)ON2O1. The molecule has 2 aromatic carbocycles. The number of carbonyl (C=O) groups is 1. The third-order valence-corrected chi connectivity index (χ3v) is 6.92. The molecular weight excluding hydrogens is 394 g/mol. The average Bonchev–Trinajstić information content (AvgIpc) is 3.44. The molecule has 6 heteroatoms. The molecule has 0 N–H and O–H groups in total. The topological polar surface area (TPSA) is 57.2 Å². The van der Waals surface area contributed by atoms with E-state index in [0.29, 0.717) is 6.42 Å². The summed E-state index contributed by atoms with van der Waals surface area (Å²) in [6.07, 6.45) is 4.30. The van der Waals surface area contributed by atoms with Crippen molar-refractivity contribution >= 4 is 5.97 Å². The molecule has 3 aliphatic rings. The third-order valence-electron chi connectivity index (χ3n) is 6.92. The van der Waals surface area contributed by atoms with Crippen molar-refractivity contribution in [3.63, 3.8) is 0 Å². The quantitative estimate of drug-likeness (QED) is 0.674. The van der Waals surface area contributed by atoms with Crippen LogP contribution in [0.4, 0.5) is 0 Å². The molecule has 164 valence electrons. The van der Waals surface area contributed by atoms with Crippen molar-refractivity contribution in [3.8, 4) is 0 Å². The van der Waals surface area contributed by atoms with Crippen LogP contribution < -0.4 is 0 Å². The van der Waals surface area contributed by atoms with Crippen LogP contribution in [0.3, 0.4) is 0 Å². The number of benzene rings is 2. The highest BCUT2D eigenvalue weighted by atomic mass is 17.0. The number of hydroxylamine groups is 2. The van der Waals surface area contributed by atoms with Gasteiger partial charge in [-0.15, -0.1) is 0 Å². The first-order valence-electron chi connectivity index (χ1n) is 11.2. The van der Waals surface area contributed by atoms with Gasteiger partial charge in [0.05, 0.1) is 19.3 Å². The second-order valence-corrected chi connectivity index (χ2v) is 8.62. The largest absolute Gasteiger partial charge is 0.467 e. The molecule has 2 aliphatic heterocycles. The van der Waals surface area contributed by atoms with E-state index in [1.54, 1.807) is 0 Å². The van der Waals surface area contributed by atoms with Crippen molar-refractivity contribution in [2.45, 2.75) is 68.5 Å². The van der Waals surface area contributed by atoms with E-state index in [0.717, 1.165) is 32.1 Å². The van der Waals surface area contributed by atoms with Crippen LogP contribution in [0, 0.1) is 0 Å². The second kappa shape index (κ2) is 8.71. The van der Waals surface area contributed by atoms with E-state index in [1.165, 1.54) is 23.5 Å². The molecule has 1 aliphatic carbocycles. The average molecular weight is 424 g/mol. The number of methoxy groups -OCH3 is 1. The standard InChI is InChI=1S/C25H29NO5/c1-28-24(27)21-17-20-14-15-23(31-26(20)30-21)29-22-13-8-16-25(22,18-9-4-2-5-10-18)19-11-6-3-7-12-19/h2-7,9-12,20-23H,8,13-17H2,1H3/t20-,21+,22+,23-/m1/s1. The number of hydrogen-bond donors (Lipinski definition) is 0. The highest BCUT2D eigenvalue weighted by Crippen LogP contribution is 2.49. The predicted octanol–water partition coefficient (Wildman–Crippen LogP) is 4.14. The minimum Gasteiger partial charge on any atom is -0.467 e. The summed E-state index contributed by atoms with van der Waals surface area (Å²) in [5, 5.41) is 1.47. The molecule has 0 spiro atoms. The number of nitrogens with zero attached hydrogens (tertiary/aromatic N) is 1. The van der Waals surface area contributed by atoms with Gasteiger partial charge < -0.3 is 9.47 Å². The van der Waals surface area contributed by atoms with Crippen LogP contribution in [0.25, 0.3) is 0 Å². The van der Waals surface area contributed by atoms with Gasteiger partial charge in [-0.05, 0) is 36.8 Å². The van der Waals surface area contributed by atoms with Crippen molar-refractivity contribution in [1.29, 1.82) is 0 Å². The van der Waals surface area contributed by atoms with Gasteiger partial charge in [0.1, 0.15) is 0 Å². The molecular formula is C25H29NO5. The molecule has 4 atom stereocenters. The summed E-state index contributed by atoms with van der Waals surface area (Å²) < 4.78 is 11.5. The van der Waals surface area contributed by atoms with Crippen molar-refractivity contribution in [3.05, 3.63) is 71.8 Å². The first-order chi connectivity index (χ1) is 15.2. The maximum Gasteiger partial charge on any atom is 0.337 e. The van der Waals surface area contributed by atoms with Gasteiger partial charge in [0, 0.05) is 18.3 Å². The second-order valence-electron chi connectivity index (χ2n) is 8.62. The summed E-state index contributed by atoms with van der Waals surface area (Å²) in [5.74, 6) is -0.363. The maximum absolute atomic E-state index is 11.9. The minimum absolute atomic E-state index is 0.00198. The summed E-state index contributed by atoms with van der Waals surface area (Å²) in [6.45, 7) is 0. The van der Waals surface area contributed by atoms with Crippen LogP contribution in [0.5, 0.6) is 0 Å². The lowest BCUT2D eigenvalue weighted by molar-refractivity contribution is -0.437. The number of hydrogen-bond acceptors (Lipinski definition) is 6. The summed E-state index contributed by atoms with van der Waals surface area (Å²) in [6, 6.07) is 21.4. The van der Waals surface area contributed by atoms with E-state index in [9.17, 15) is 4.79 Å². The third kappa shape index (κ3) is 3.78. The number of ether oxygens (including phenoxy) is 2. The summed E-state index contributed by atoms with van der Waals surface area (Å²) in [4.78, 5) is 23.6. The van der Waals surface area contributed by atoms with E-state index in [1.807, 2.05) is 0 Å². The molecule has 0 aromatic heterocycles. The lowest BCUT2D eigenvalue weighted by Crippen LogP contribution is -2.45. The molecule has 0 amide bonds. The van der Waals surface area contributed by atoms with Crippen LogP contribution in [0.1, 0.15) is 49.7 Å². The summed E-state index contributed by atoms with van der Waals surface area (Å²) in [5.41, 5.74) is 2.35. The van der Waals surface area contributed by atoms with Crippen molar-refractivity contribution < 1.29 is 23.9 Å². The van der Waals surface area contributed by atoms with E-state index < -0.39 is 12.4 Å². The zero-order chi connectivity index (χ0) is 21.3. The predicted molar refractivity (Wildman–Crippen MR) is 114 cm³/mol. The van der Waals surface area contributed by atoms with Crippen molar-refractivity contribution in [2.24, 2.45) is 0 Å². The molecule has 1 saturated carbocycles. The van der Waals surface area contributed by atoms with E-state index in [-0.39, 0.29) is 23.5 Å². The zero-order valence-electron chi connectivity index (χ0n) is 17.8. The monoisotopic (exact) mass is 423 g/mol. The summed E-state index contributed by atoms with van der Waals surface area (Å²) in [7, 11) is 1.38. The minimum atomic E-state index is -0.604. The Morgan fingerprint density at radius 3 is 2.29 bits per heavy atom. The van der Waals surface area contributed by atoms with Gasteiger partial charge >= 0.3 is 5.97 Å². The normalized spacial score (nSPS) is 30.1. The van der Waals surface area contributed by atoms with Gasteiger partial charge in [-0.25, -0.2) is 9.63 Å². The Hall–Kier alpha value is -2.25. The number of fused-ring (bicyclic) bond motifs is 1. The molecule has 3 fully saturated rings. The Kier molecular flexibility index (Phi) is 5.80. The molecule has 0 unspecified atom stereocenters. The highest BCUT2D eigenvalue weighted by Gasteiger charge is 2.49. The molecule has 5 rings (SSSR count). The first kappa shape index (κ1) is 20.6. The van der Waals surface area contributed by atoms with Crippen LogP contribution in [0.2, 0.25) is 0 Å². The smallest absolute Gasteiger partial charge is 0.337 e. The van der Waals surface area contributed by atoms with Gasteiger partial charge in [-0.2, -0.15) is 0 Å². The molecule has 2 heterocycles. The van der Waals surface area contributed by atoms with Crippen LogP contribution >= 0.6 is 0 Å². The Bertz CT molecular complexity index is 850. The molecule has 2 aromatic rings. The molecule has 2 saturated heterocycles. The Labute approximate surface area is 182 Å². The van der Waals surface area contributed by atoms with Crippen molar-refractivity contribution in [1.82, 2.24) is 5.23 Å². The fourth-order valence-corrected chi connectivity index (χ4v) is 5.42. The van der Waals surface area contributed by atoms with Crippen LogP contribution in [-0.4, -0.2) is 42.8 Å². The fraction of sp³-hybridized carbons (Fsp3) is 0.480. The van der Waals surface area contributed by atoms with Gasteiger partial charge in [0.25, 0.3) is 0 Å². The molecule has 31 heavy (non-hydrogen) atoms. The number of carbonyl (C=O) groups excluding carboxylic acids is 1. The number of esters is 1. The summed E-state index contributed by atoms with van der Waals surface area (Å²) >= 11 is 0. The van der Waals surface area contributed by atoms with E-state index >= 15 is 0 Å². The molecule has 0 radical (unpaired) electrons. The fourth-order valence-electron chi connectivity index (χ4n) is 5.42. The van der Waals surface area contributed by atoms with E-state index in [4.69, 9.17) is 19.1 Å². The zero-order valence-corrected chi connectivity index (χ0v) is 17.8. The van der Waals surface area contributed by atoms with Crippen molar-refractivity contribution in [2.75, 3.05) is 7.11 Å². The Morgan fingerprint density at radius 2 is 1.65 bits per heavy atom. The molecule has 6 nitrogen and oxygen atoms in total. The highest BCUT2D eigenvalue weighted by molar-refractivity contribution is 5.74. The number of rotatable bonds is 5. The maximum atomic E-state index is 11.9. The van der Waals surface area contributed by atoms with Gasteiger partial charge in [-0.1, -0.05) is 65.9 Å². The van der Waals surface area contributed by atoms with E-state index in [2.05, 4.69) is 60.7 Å². The molecule has 0 bridgehead atoms. The van der Waals surface area contributed by atoms with Crippen LogP contribution in [-0.2, 0) is 29.4 Å². The van der Waals surface area contributed by atoms with Gasteiger partial charge in [0.2, 0.25) is 0 Å². The van der Waals surface area contributed by atoms with Gasteiger partial charge in [0.15, 0.2) is 12.4 Å². The lowest BCUT2D eigenvalue weighted by atomic mass is 9.71. The Balaban J connectivity index is 1.37.